The Labute approximate surface area is 160 Å². The third-order valence-corrected chi connectivity index (χ3v) is 10.1. The van der Waals surface area contributed by atoms with Crippen molar-refractivity contribution < 1.29 is 21.6 Å². The second-order valence-electron chi connectivity index (χ2n) is 7.44. The molecule has 1 amide bonds. The van der Waals surface area contributed by atoms with Gasteiger partial charge >= 0.3 is 0 Å². The lowest BCUT2D eigenvalue weighted by Gasteiger charge is -2.34. The number of anilines is 1. The Morgan fingerprint density at radius 3 is 2.15 bits per heavy atom. The van der Waals surface area contributed by atoms with Crippen molar-refractivity contribution in [2.24, 2.45) is 11.7 Å². The molecule has 150 valence electrons. The fourth-order valence-corrected chi connectivity index (χ4v) is 7.61. The molecule has 0 radical (unpaired) electrons. The molecule has 0 aromatic heterocycles. The van der Waals surface area contributed by atoms with Gasteiger partial charge in [0.1, 0.15) is 0 Å². The van der Waals surface area contributed by atoms with Gasteiger partial charge in [0, 0.05) is 31.7 Å². The van der Waals surface area contributed by atoms with Crippen LogP contribution in [0.25, 0.3) is 0 Å². The maximum absolute atomic E-state index is 12.2. The molecule has 2 aliphatic heterocycles. The highest BCUT2D eigenvalue weighted by atomic mass is 32.3. The van der Waals surface area contributed by atoms with Gasteiger partial charge in [-0.15, -0.1) is 0 Å². The number of benzene rings is 1. The Kier molecular flexibility index (Phi) is 5.26. The second-order valence-corrected chi connectivity index (χ2v) is 11.8. The summed E-state index contributed by atoms with van der Waals surface area (Å²) in [5.74, 6) is -1.20. The molecule has 0 unspecified atom stereocenters. The van der Waals surface area contributed by atoms with Crippen LogP contribution in [0.1, 0.15) is 41.6 Å². The normalized spacial score (nSPS) is 24.0. The number of piperidine rings is 1. The summed E-state index contributed by atoms with van der Waals surface area (Å²) >= 11 is 0. The van der Waals surface area contributed by atoms with Crippen molar-refractivity contribution in [1.29, 1.82) is 0 Å². The lowest BCUT2D eigenvalue weighted by Crippen LogP contribution is -2.45. The van der Waals surface area contributed by atoms with Crippen LogP contribution in [0.3, 0.4) is 0 Å². The first kappa shape index (κ1) is 20.1. The number of rotatable bonds is 3. The number of hydrogen-bond acceptors (Lipinski definition) is 6. The zero-order valence-corrected chi connectivity index (χ0v) is 17.1. The van der Waals surface area contributed by atoms with E-state index >= 15 is 0 Å². The minimum atomic E-state index is -3.90. The van der Waals surface area contributed by atoms with Gasteiger partial charge in [0.2, 0.25) is 20.0 Å². The Hall–Kier alpha value is -1.65. The molecule has 2 saturated heterocycles. The average molecular weight is 416 g/mol. The zero-order valence-electron chi connectivity index (χ0n) is 15.5. The molecule has 1 aromatic carbocycles. The van der Waals surface area contributed by atoms with Crippen LogP contribution in [0.2, 0.25) is 0 Å². The van der Waals surface area contributed by atoms with Gasteiger partial charge < -0.3 is 10.6 Å². The van der Waals surface area contributed by atoms with Crippen LogP contribution in [0.15, 0.2) is 18.2 Å². The summed E-state index contributed by atoms with van der Waals surface area (Å²) in [6.45, 7) is 3.72. The first-order valence-electron chi connectivity index (χ1n) is 8.89. The summed E-state index contributed by atoms with van der Waals surface area (Å²) in [5.41, 5.74) is 7.13. The van der Waals surface area contributed by atoms with Gasteiger partial charge in [-0.3, -0.25) is 4.79 Å². The molecule has 8 nitrogen and oxygen atoms in total. The minimum Gasteiger partial charge on any atom is -0.371 e. The fourth-order valence-electron chi connectivity index (χ4n) is 3.65. The van der Waals surface area contributed by atoms with E-state index in [1.807, 2.05) is 0 Å². The predicted octanol–water partition coefficient (Wildman–Crippen LogP) is 0.710. The number of carbonyl (C=O) groups excluding carboxylic acids is 1. The van der Waals surface area contributed by atoms with E-state index in [4.69, 9.17) is 5.73 Å². The van der Waals surface area contributed by atoms with Crippen LogP contribution >= 0.6 is 0 Å². The summed E-state index contributed by atoms with van der Waals surface area (Å²) in [4.78, 5) is 13.9. The van der Waals surface area contributed by atoms with Crippen molar-refractivity contribution in [2.45, 2.75) is 25.7 Å². The standard InChI is InChI=1S/C17H25N3O5S2/c1-12-5-7-20(8-6-12)16-9-13(3-4-15(16)17(18)21)14-10-26(22,23)19(2)27(24,25)11-14/h3-4,9,12,14H,5-8,10-11H2,1-2H3,(H2,18,21). The fraction of sp³-hybridized carbons (Fsp3) is 0.588. The lowest BCUT2D eigenvalue weighted by atomic mass is 9.95. The molecule has 27 heavy (non-hydrogen) atoms. The number of primary amides is 1. The number of hydrogen-bond donors (Lipinski definition) is 1. The van der Waals surface area contributed by atoms with E-state index in [1.165, 1.54) is 0 Å². The molecule has 0 atom stereocenters. The maximum Gasteiger partial charge on any atom is 0.250 e. The van der Waals surface area contributed by atoms with E-state index in [0.717, 1.165) is 33.0 Å². The van der Waals surface area contributed by atoms with Crippen LogP contribution in [0.5, 0.6) is 0 Å². The van der Waals surface area contributed by atoms with Gasteiger partial charge in [-0.2, -0.15) is 0 Å². The highest BCUT2D eigenvalue weighted by Crippen LogP contribution is 2.33. The molecule has 0 aliphatic carbocycles. The molecule has 1 aromatic rings. The maximum atomic E-state index is 12.2. The van der Waals surface area contributed by atoms with Gasteiger partial charge in [-0.25, -0.2) is 16.8 Å². The quantitative estimate of drug-likeness (QED) is 0.777. The van der Waals surface area contributed by atoms with Crippen molar-refractivity contribution in [3.63, 3.8) is 0 Å². The minimum absolute atomic E-state index is 0.283. The first-order valence-corrected chi connectivity index (χ1v) is 12.1. The van der Waals surface area contributed by atoms with E-state index in [-0.39, 0.29) is 11.5 Å². The summed E-state index contributed by atoms with van der Waals surface area (Å²) in [7, 11) is -6.73. The lowest BCUT2D eigenvalue weighted by molar-refractivity contribution is 0.100. The van der Waals surface area contributed by atoms with Gasteiger partial charge in [-0.1, -0.05) is 16.7 Å². The number of nitrogens with two attached hydrogens (primary N) is 1. The molecular formula is C17H25N3O5S2. The second kappa shape index (κ2) is 7.06. The summed E-state index contributed by atoms with van der Waals surface area (Å²) in [5, 5.41) is 0. The molecule has 0 bridgehead atoms. The van der Waals surface area contributed by atoms with Crippen LogP contribution in [-0.4, -0.2) is 58.1 Å². The Morgan fingerprint density at radius 1 is 1.07 bits per heavy atom. The monoisotopic (exact) mass is 415 g/mol. The molecule has 0 spiro atoms. The average Bonchev–Trinajstić information content (AvgIpc) is 2.59. The number of carbonyl (C=O) groups is 1. The van der Waals surface area contributed by atoms with Crippen molar-refractivity contribution in [2.75, 3.05) is 36.5 Å². The van der Waals surface area contributed by atoms with Crippen LogP contribution in [-0.2, 0) is 20.0 Å². The molecule has 2 heterocycles. The van der Waals surface area contributed by atoms with E-state index in [0.29, 0.717) is 26.4 Å². The van der Waals surface area contributed by atoms with Gasteiger partial charge in [0.05, 0.1) is 17.1 Å². The largest absolute Gasteiger partial charge is 0.371 e. The molecule has 10 heteroatoms. The SMILES string of the molecule is CC1CCN(c2cc(C3CS(=O)(=O)N(C)S(=O)(=O)C3)ccc2C(N)=O)CC1. The smallest absolute Gasteiger partial charge is 0.250 e. The summed E-state index contributed by atoms with van der Waals surface area (Å²) in [6.07, 6.45) is 1.97. The van der Waals surface area contributed by atoms with E-state index in [1.54, 1.807) is 18.2 Å². The molecular weight excluding hydrogens is 390 g/mol. The van der Waals surface area contributed by atoms with Gasteiger partial charge in [0.15, 0.2) is 0 Å². The van der Waals surface area contributed by atoms with Crippen LogP contribution in [0.4, 0.5) is 5.69 Å². The number of amides is 1. The van der Waals surface area contributed by atoms with Crippen molar-refractivity contribution >= 4 is 31.6 Å². The Bertz CT molecular complexity index is 915. The number of sulfonamides is 2. The summed E-state index contributed by atoms with van der Waals surface area (Å²) < 4.78 is 49.4. The Balaban J connectivity index is 2.00. The highest BCUT2D eigenvalue weighted by molar-refractivity contribution is 8.04. The number of nitrogens with zero attached hydrogens (tertiary/aromatic N) is 2. The first-order chi connectivity index (χ1) is 12.5. The van der Waals surface area contributed by atoms with E-state index in [9.17, 15) is 21.6 Å². The summed E-state index contributed by atoms with van der Waals surface area (Å²) in [6, 6.07) is 4.91. The molecule has 2 fully saturated rings. The highest BCUT2D eigenvalue weighted by Gasteiger charge is 2.41. The van der Waals surface area contributed by atoms with E-state index in [2.05, 4.69) is 11.8 Å². The topological polar surface area (TPSA) is 118 Å². The van der Waals surface area contributed by atoms with Crippen LogP contribution < -0.4 is 10.6 Å². The predicted molar refractivity (Wildman–Crippen MR) is 104 cm³/mol. The van der Waals surface area contributed by atoms with Gasteiger partial charge in [0.25, 0.3) is 5.91 Å². The third-order valence-electron chi connectivity index (χ3n) is 5.49. The third kappa shape index (κ3) is 3.97. The Morgan fingerprint density at radius 2 is 1.63 bits per heavy atom. The van der Waals surface area contributed by atoms with Crippen molar-refractivity contribution in [3.05, 3.63) is 29.3 Å². The van der Waals surface area contributed by atoms with Crippen molar-refractivity contribution in [3.8, 4) is 0 Å². The van der Waals surface area contributed by atoms with E-state index < -0.39 is 31.9 Å². The molecule has 2 N–H and O–H groups in total. The van der Waals surface area contributed by atoms with Crippen LogP contribution in [0, 0.1) is 5.92 Å². The molecule has 3 rings (SSSR count). The molecule has 2 aliphatic rings. The zero-order chi connectivity index (χ0) is 20.0. The van der Waals surface area contributed by atoms with Gasteiger partial charge in [-0.05, 0) is 36.5 Å². The molecule has 0 saturated carbocycles. The van der Waals surface area contributed by atoms with Crippen molar-refractivity contribution in [1.82, 2.24) is 3.71 Å².